The van der Waals surface area contributed by atoms with Gasteiger partial charge < -0.3 is 0 Å². The Hall–Kier alpha value is -0.570. The maximum atomic E-state index is 4.05. The number of rotatable bonds is 1. The summed E-state index contributed by atoms with van der Waals surface area (Å²) in [5, 5.41) is 0.792. The molecule has 0 amide bonds. The highest BCUT2D eigenvalue weighted by Gasteiger charge is 1.85. The predicted octanol–water partition coefficient (Wildman–Crippen LogP) is 2.33. The topological polar surface area (TPSA) is 24.7 Å². The van der Waals surface area contributed by atoms with E-state index in [1.165, 1.54) is 11.8 Å². The van der Waals surface area contributed by atoms with Crippen molar-refractivity contribution >= 4 is 23.1 Å². The zero-order valence-corrected chi connectivity index (χ0v) is 7.35. The molecule has 0 N–H and O–H groups in total. The van der Waals surface area contributed by atoms with Crippen molar-refractivity contribution in [1.29, 1.82) is 0 Å². The quantitative estimate of drug-likeness (QED) is 0.422. The number of amidine groups is 1. The highest BCUT2D eigenvalue weighted by Crippen LogP contribution is 1.99. The average molecular weight is 156 g/mol. The van der Waals surface area contributed by atoms with Gasteiger partial charge in [-0.2, -0.15) is 0 Å². The number of hydrogen-bond acceptors (Lipinski definition) is 2. The lowest BCUT2D eigenvalue weighted by molar-refractivity contribution is 1.51. The zero-order chi connectivity index (χ0) is 7.82. The molecule has 0 heterocycles. The van der Waals surface area contributed by atoms with Crippen LogP contribution >= 0.6 is 11.8 Å². The molecule has 0 radical (unpaired) electrons. The van der Waals surface area contributed by atoms with Crippen LogP contribution in [0.1, 0.15) is 13.8 Å². The highest BCUT2D eigenvalue weighted by atomic mass is 32.2. The molecule has 2 nitrogen and oxygen atoms in total. The summed E-state index contributed by atoms with van der Waals surface area (Å²) in [6.07, 6.45) is 7.30. The molecule has 0 saturated carbocycles. The number of thioether (sulfide) groups is 1. The second-order valence-electron chi connectivity index (χ2n) is 1.49. The summed E-state index contributed by atoms with van der Waals surface area (Å²) in [7, 11) is 0. The molecular weight excluding hydrogens is 144 g/mol. The van der Waals surface area contributed by atoms with Gasteiger partial charge in [0.15, 0.2) is 5.17 Å². The molecule has 0 aliphatic carbocycles. The molecule has 0 aliphatic rings. The van der Waals surface area contributed by atoms with Crippen LogP contribution < -0.4 is 0 Å². The van der Waals surface area contributed by atoms with Crippen LogP contribution in [0.5, 0.6) is 0 Å². The molecule has 0 atom stereocenters. The van der Waals surface area contributed by atoms with E-state index < -0.39 is 0 Å². The molecule has 0 spiro atoms. The summed E-state index contributed by atoms with van der Waals surface area (Å²) in [6.45, 7) is 3.80. The average Bonchev–Trinajstić information content (AvgIpc) is 1.98. The van der Waals surface area contributed by atoms with Crippen molar-refractivity contribution in [3.05, 3.63) is 12.3 Å². The van der Waals surface area contributed by atoms with Crippen LogP contribution in [0.3, 0.4) is 0 Å². The van der Waals surface area contributed by atoms with Crippen molar-refractivity contribution in [3.63, 3.8) is 0 Å². The minimum Gasteiger partial charge on any atom is -0.236 e. The van der Waals surface area contributed by atoms with Gasteiger partial charge in [-0.25, -0.2) is 9.98 Å². The molecule has 56 valence electrons. The summed E-state index contributed by atoms with van der Waals surface area (Å²) in [6, 6.07) is 0. The smallest absolute Gasteiger partial charge is 0.186 e. The van der Waals surface area contributed by atoms with E-state index in [1.807, 2.05) is 26.2 Å². The van der Waals surface area contributed by atoms with Gasteiger partial charge in [0.1, 0.15) is 0 Å². The molecule has 0 aromatic carbocycles. The van der Waals surface area contributed by atoms with E-state index in [-0.39, 0.29) is 0 Å². The summed E-state index contributed by atoms with van der Waals surface area (Å²) in [4.78, 5) is 8.07. The number of hydrogen-bond donors (Lipinski definition) is 0. The highest BCUT2D eigenvalue weighted by molar-refractivity contribution is 8.13. The van der Waals surface area contributed by atoms with E-state index in [0.717, 1.165) is 5.17 Å². The molecule has 0 fully saturated rings. The molecule has 0 aromatic rings. The molecule has 0 aromatic heterocycles. The summed E-state index contributed by atoms with van der Waals surface area (Å²) >= 11 is 1.54. The molecule has 0 unspecified atom stereocenters. The third-order valence-electron chi connectivity index (χ3n) is 0.756. The fourth-order valence-electron chi connectivity index (χ4n) is 0.387. The van der Waals surface area contributed by atoms with Crippen LogP contribution in [0.15, 0.2) is 22.3 Å². The van der Waals surface area contributed by atoms with Gasteiger partial charge in [-0.1, -0.05) is 17.8 Å². The molecule has 0 bridgehead atoms. The first-order valence-electron chi connectivity index (χ1n) is 3.06. The van der Waals surface area contributed by atoms with Crippen LogP contribution in [-0.2, 0) is 0 Å². The Morgan fingerprint density at radius 1 is 1.40 bits per heavy atom. The maximum Gasteiger partial charge on any atom is 0.186 e. The Bertz CT molecular complexity index is 159. The molecule has 0 aliphatic heterocycles. The van der Waals surface area contributed by atoms with E-state index in [9.17, 15) is 0 Å². The summed E-state index contributed by atoms with van der Waals surface area (Å²) < 4.78 is 0. The lowest BCUT2D eigenvalue weighted by atomic mass is 10.7. The van der Waals surface area contributed by atoms with Crippen LogP contribution in [0.4, 0.5) is 0 Å². The largest absolute Gasteiger partial charge is 0.236 e. The monoisotopic (exact) mass is 156 g/mol. The Kier molecular flexibility index (Phi) is 6.18. The van der Waals surface area contributed by atoms with Gasteiger partial charge >= 0.3 is 0 Å². The van der Waals surface area contributed by atoms with Gasteiger partial charge in [0.25, 0.3) is 0 Å². The molecule has 3 heteroatoms. The molecular formula is C7H12N2S. The van der Waals surface area contributed by atoms with Crippen LogP contribution in [0.2, 0.25) is 0 Å². The van der Waals surface area contributed by atoms with Crippen molar-refractivity contribution < 1.29 is 0 Å². The number of nitrogens with zero attached hydrogens (tertiary/aromatic N) is 2. The second kappa shape index (κ2) is 6.55. The van der Waals surface area contributed by atoms with Crippen LogP contribution in [0.25, 0.3) is 0 Å². The fraction of sp³-hybridized carbons (Fsp3) is 0.429. The maximum absolute atomic E-state index is 4.05. The lowest BCUT2D eigenvalue weighted by Crippen LogP contribution is -1.83. The van der Waals surface area contributed by atoms with Gasteiger partial charge in [0, 0.05) is 12.4 Å². The summed E-state index contributed by atoms with van der Waals surface area (Å²) in [5.41, 5.74) is 0. The minimum absolute atomic E-state index is 0.792. The summed E-state index contributed by atoms with van der Waals surface area (Å²) in [5.74, 6) is 0. The Labute approximate surface area is 66.2 Å². The second-order valence-corrected chi connectivity index (χ2v) is 2.26. The zero-order valence-electron chi connectivity index (χ0n) is 6.53. The van der Waals surface area contributed by atoms with Crippen LogP contribution in [-0.4, -0.2) is 17.6 Å². The van der Waals surface area contributed by atoms with Gasteiger partial charge in [0.05, 0.1) is 0 Å². The van der Waals surface area contributed by atoms with Crippen LogP contribution in [0, 0.1) is 0 Å². The first-order valence-corrected chi connectivity index (χ1v) is 4.29. The number of aliphatic imine (C=N–C) groups is 2. The van der Waals surface area contributed by atoms with Crippen molar-refractivity contribution in [2.75, 3.05) is 6.26 Å². The van der Waals surface area contributed by atoms with E-state index >= 15 is 0 Å². The van der Waals surface area contributed by atoms with Gasteiger partial charge in [-0.3, -0.25) is 0 Å². The van der Waals surface area contributed by atoms with Crippen molar-refractivity contribution in [2.24, 2.45) is 9.98 Å². The Morgan fingerprint density at radius 3 is 2.50 bits per heavy atom. The third kappa shape index (κ3) is 4.32. The molecule has 0 saturated heterocycles. The lowest BCUT2D eigenvalue weighted by Gasteiger charge is -1.89. The van der Waals surface area contributed by atoms with E-state index in [1.54, 1.807) is 12.4 Å². The van der Waals surface area contributed by atoms with Gasteiger partial charge in [-0.15, -0.1) is 0 Å². The van der Waals surface area contributed by atoms with Gasteiger partial charge in [0.2, 0.25) is 0 Å². The number of allylic oxidation sites excluding steroid dienone is 1. The SMILES string of the molecule is CC=NC(=N/C=C\C)SC. The van der Waals surface area contributed by atoms with E-state index in [2.05, 4.69) is 9.98 Å². The molecule has 10 heavy (non-hydrogen) atoms. The van der Waals surface area contributed by atoms with Crippen molar-refractivity contribution in [2.45, 2.75) is 13.8 Å². The van der Waals surface area contributed by atoms with E-state index in [0.29, 0.717) is 0 Å². The Balaban J connectivity index is 4.04. The minimum atomic E-state index is 0.792. The van der Waals surface area contributed by atoms with Gasteiger partial charge in [-0.05, 0) is 20.1 Å². The first-order chi connectivity index (χ1) is 4.85. The van der Waals surface area contributed by atoms with Crippen molar-refractivity contribution in [3.8, 4) is 0 Å². The van der Waals surface area contributed by atoms with E-state index in [4.69, 9.17) is 0 Å². The standard InChI is InChI=1S/C7H12N2S/c1-4-6-9-7(10-3)8-5-2/h4-6H,1-3H3/b6-4-,8-5?,9-7?. The first kappa shape index (κ1) is 9.43. The predicted molar refractivity (Wildman–Crippen MR) is 49.9 cm³/mol. The fourth-order valence-corrected chi connectivity index (χ4v) is 0.765. The normalized spacial score (nSPS) is 13.7. The third-order valence-corrected chi connectivity index (χ3v) is 1.33. The molecule has 0 rings (SSSR count). The van der Waals surface area contributed by atoms with Crippen molar-refractivity contribution in [1.82, 2.24) is 0 Å². The Morgan fingerprint density at radius 2 is 2.10 bits per heavy atom.